The molecule has 1 saturated heterocycles. The quantitative estimate of drug-likeness (QED) is 0.776. The Hall–Kier alpha value is -2.41. The molecule has 136 valence electrons. The third-order valence-electron chi connectivity index (χ3n) is 4.15. The second-order valence-corrected chi connectivity index (χ2v) is 7.12. The number of nitrogens with zero attached hydrogens (tertiary/aromatic N) is 1. The molecule has 1 N–H and O–H groups in total. The Morgan fingerprint density at radius 1 is 1.15 bits per heavy atom. The highest BCUT2D eigenvalue weighted by Crippen LogP contribution is 2.27. The largest absolute Gasteiger partial charge is 0.338 e. The molecule has 2 aromatic rings. The molecule has 2 amide bonds. The molecule has 0 aromatic heterocycles. The fraction of sp³-hybridized carbons (Fsp3) is 0.263. The van der Waals surface area contributed by atoms with Crippen LogP contribution in [0.5, 0.6) is 0 Å². The van der Waals surface area contributed by atoms with Crippen LogP contribution in [0.4, 0.5) is 14.5 Å². The first-order chi connectivity index (χ1) is 12.5. The zero-order chi connectivity index (χ0) is 18.5. The van der Waals surface area contributed by atoms with E-state index in [9.17, 15) is 18.4 Å². The van der Waals surface area contributed by atoms with Gasteiger partial charge in [-0.25, -0.2) is 0 Å². The molecular weight excluding hydrogens is 358 g/mol. The number of benzene rings is 2. The molecule has 1 aliphatic rings. The van der Waals surface area contributed by atoms with Gasteiger partial charge in [0, 0.05) is 30.1 Å². The van der Waals surface area contributed by atoms with E-state index in [4.69, 9.17) is 0 Å². The Morgan fingerprint density at radius 2 is 1.85 bits per heavy atom. The number of rotatable bonds is 6. The van der Waals surface area contributed by atoms with Gasteiger partial charge in [-0.3, -0.25) is 9.59 Å². The summed E-state index contributed by atoms with van der Waals surface area (Å²) in [7, 11) is 0. The molecule has 0 unspecified atom stereocenters. The Kier molecular flexibility index (Phi) is 5.88. The lowest BCUT2D eigenvalue weighted by atomic mass is 10.1. The lowest BCUT2D eigenvalue weighted by Gasteiger charge is -2.16. The molecule has 3 rings (SSSR count). The zero-order valence-electron chi connectivity index (χ0n) is 13.9. The lowest BCUT2D eigenvalue weighted by Crippen LogP contribution is -2.28. The van der Waals surface area contributed by atoms with Crippen LogP contribution in [0, 0.1) is 5.92 Å². The van der Waals surface area contributed by atoms with Gasteiger partial charge in [-0.05, 0) is 29.8 Å². The first-order valence-corrected chi connectivity index (χ1v) is 9.06. The van der Waals surface area contributed by atoms with Gasteiger partial charge in [-0.2, -0.15) is 8.78 Å². The highest BCUT2D eigenvalue weighted by atomic mass is 32.2. The van der Waals surface area contributed by atoms with Crippen LogP contribution in [0.1, 0.15) is 12.0 Å². The summed E-state index contributed by atoms with van der Waals surface area (Å²) in [5.41, 5.74) is 1.55. The van der Waals surface area contributed by atoms with Crippen LogP contribution in [-0.4, -0.2) is 29.0 Å². The van der Waals surface area contributed by atoms with E-state index in [2.05, 4.69) is 5.32 Å². The van der Waals surface area contributed by atoms with Crippen LogP contribution in [0.3, 0.4) is 0 Å². The van der Waals surface area contributed by atoms with Crippen LogP contribution in [0.25, 0.3) is 0 Å². The van der Waals surface area contributed by atoms with Gasteiger partial charge in [0.15, 0.2) is 0 Å². The van der Waals surface area contributed by atoms with Gasteiger partial charge in [-0.15, -0.1) is 0 Å². The zero-order valence-corrected chi connectivity index (χ0v) is 14.7. The van der Waals surface area contributed by atoms with E-state index in [1.807, 2.05) is 30.3 Å². The van der Waals surface area contributed by atoms with Crippen LogP contribution >= 0.6 is 11.8 Å². The predicted molar refractivity (Wildman–Crippen MR) is 96.9 cm³/mol. The number of carbonyl (C=O) groups excluding carboxylic acids is 2. The molecule has 1 heterocycles. The Balaban J connectivity index is 1.56. The monoisotopic (exact) mass is 376 g/mol. The highest BCUT2D eigenvalue weighted by molar-refractivity contribution is 7.99. The van der Waals surface area contributed by atoms with Gasteiger partial charge in [-0.1, -0.05) is 42.1 Å². The molecule has 0 spiro atoms. The summed E-state index contributed by atoms with van der Waals surface area (Å²) >= 11 is 0.455. The standard InChI is InChI=1S/C19H18F2N2O2S/c20-19(21)26-16-8-6-15(7-9-16)22-18(25)14-10-17(24)23(12-14)11-13-4-2-1-3-5-13/h1-9,14,19H,10-12H2,(H,22,25)/t14-/m0/s1. The number of hydrogen-bond donors (Lipinski definition) is 1. The fourth-order valence-electron chi connectivity index (χ4n) is 2.87. The molecular formula is C19H18F2N2O2S. The fourth-order valence-corrected chi connectivity index (χ4v) is 3.37. The average molecular weight is 376 g/mol. The van der Waals surface area contributed by atoms with Gasteiger partial charge in [0.25, 0.3) is 5.76 Å². The van der Waals surface area contributed by atoms with Crippen LogP contribution in [0.2, 0.25) is 0 Å². The molecule has 1 atom stereocenters. The maximum atomic E-state index is 12.4. The molecule has 7 heteroatoms. The van der Waals surface area contributed by atoms with E-state index in [0.717, 1.165) is 5.56 Å². The maximum Gasteiger partial charge on any atom is 0.288 e. The van der Waals surface area contributed by atoms with Crippen LogP contribution < -0.4 is 5.32 Å². The summed E-state index contributed by atoms with van der Waals surface area (Å²) in [5, 5.41) is 2.75. The van der Waals surface area contributed by atoms with Gasteiger partial charge in [0.05, 0.1) is 5.92 Å². The first-order valence-electron chi connectivity index (χ1n) is 8.18. The van der Waals surface area contributed by atoms with Gasteiger partial charge < -0.3 is 10.2 Å². The van der Waals surface area contributed by atoms with E-state index >= 15 is 0 Å². The molecule has 0 bridgehead atoms. The number of likely N-dealkylation sites (tertiary alicyclic amines) is 1. The summed E-state index contributed by atoms with van der Waals surface area (Å²) in [5.74, 6) is -3.17. The smallest absolute Gasteiger partial charge is 0.288 e. The second kappa shape index (κ2) is 8.31. The Bertz CT molecular complexity index is 769. The van der Waals surface area contributed by atoms with Crippen LogP contribution in [-0.2, 0) is 16.1 Å². The van der Waals surface area contributed by atoms with Crippen molar-refractivity contribution < 1.29 is 18.4 Å². The normalized spacial score (nSPS) is 17.0. The summed E-state index contributed by atoms with van der Waals surface area (Å²) in [6.45, 7) is 0.863. The molecule has 0 saturated carbocycles. The summed E-state index contributed by atoms with van der Waals surface area (Å²) in [6.07, 6.45) is 0.179. The molecule has 0 aliphatic carbocycles. The van der Waals surface area contributed by atoms with Crippen molar-refractivity contribution in [3.05, 3.63) is 60.2 Å². The van der Waals surface area contributed by atoms with Crippen molar-refractivity contribution in [1.29, 1.82) is 0 Å². The molecule has 26 heavy (non-hydrogen) atoms. The molecule has 2 aromatic carbocycles. The minimum absolute atomic E-state index is 0.0438. The van der Waals surface area contributed by atoms with Crippen molar-refractivity contribution in [2.24, 2.45) is 5.92 Å². The third-order valence-corrected chi connectivity index (χ3v) is 4.87. The number of nitrogens with one attached hydrogen (secondary N) is 1. The van der Waals surface area contributed by atoms with E-state index in [1.54, 1.807) is 17.0 Å². The SMILES string of the molecule is O=C(Nc1ccc(SC(F)F)cc1)[C@H]1CC(=O)N(Cc2ccccc2)C1. The van der Waals surface area contributed by atoms with Crippen molar-refractivity contribution >= 4 is 29.3 Å². The predicted octanol–water partition coefficient (Wildman–Crippen LogP) is 3.99. The van der Waals surface area contributed by atoms with Gasteiger partial charge in [0.1, 0.15) is 0 Å². The highest BCUT2D eigenvalue weighted by Gasteiger charge is 2.34. The molecule has 1 fully saturated rings. The molecule has 1 aliphatic heterocycles. The van der Waals surface area contributed by atoms with E-state index in [0.29, 0.717) is 35.4 Å². The summed E-state index contributed by atoms with van der Waals surface area (Å²) in [4.78, 5) is 26.7. The van der Waals surface area contributed by atoms with Crippen molar-refractivity contribution in [2.45, 2.75) is 23.6 Å². The minimum Gasteiger partial charge on any atom is -0.338 e. The molecule has 0 radical (unpaired) electrons. The molecule has 4 nitrogen and oxygen atoms in total. The van der Waals surface area contributed by atoms with E-state index < -0.39 is 11.7 Å². The Morgan fingerprint density at radius 3 is 2.50 bits per heavy atom. The van der Waals surface area contributed by atoms with E-state index in [1.165, 1.54) is 12.1 Å². The van der Waals surface area contributed by atoms with Gasteiger partial charge in [0.2, 0.25) is 11.8 Å². The number of halogens is 2. The number of hydrogen-bond acceptors (Lipinski definition) is 3. The number of thioether (sulfide) groups is 1. The van der Waals surface area contributed by atoms with E-state index in [-0.39, 0.29) is 18.2 Å². The van der Waals surface area contributed by atoms with Crippen LogP contribution in [0.15, 0.2) is 59.5 Å². The van der Waals surface area contributed by atoms with Crippen molar-refractivity contribution in [3.63, 3.8) is 0 Å². The van der Waals surface area contributed by atoms with Gasteiger partial charge >= 0.3 is 0 Å². The second-order valence-electron chi connectivity index (χ2n) is 6.05. The third kappa shape index (κ3) is 4.82. The number of anilines is 1. The number of amides is 2. The number of alkyl halides is 2. The maximum absolute atomic E-state index is 12.4. The van der Waals surface area contributed by atoms with Crippen molar-refractivity contribution in [3.8, 4) is 0 Å². The topological polar surface area (TPSA) is 49.4 Å². The lowest BCUT2D eigenvalue weighted by molar-refractivity contribution is -0.128. The minimum atomic E-state index is -2.48. The van der Waals surface area contributed by atoms with Crippen molar-refractivity contribution in [1.82, 2.24) is 4.90 Å². The number of carbonyl (C=O) groups is 2. The van der Waals surface area contributed by atoms with Crippen molar-refractivity contribution in [2.75, 3.05) is 11.9 Å². The first kappa shape index (κ1) is 18.4. The summed E-state index contributed by atoms with van der Waals surface area (Å²) in [6, 6.07) is 15.9. The Labute approximate surface area is 154 Å². The summed E-state index contributed by atoms with van der Waals surface area (Å²) < 4.78 is 24.6. The average Bonchev–Trinajstić information content (AvgIpc) is 2.98.